The molecule has 23 heavy (non-hydrogen) atoms. The van der Waals surface area contributed by atoms with Crippen LogP contribution in [-0.2, 0) is 14.3 Å². The molecule has 1 atom stereocenters. The van der Waals surface area contributed by atoms with Gasteiger partial charge in [0.1, 0.15) is 0 Å². The summed E-state index contributed by atoms with van der Waals surface area (Å²) < 4.78 is 5.12. The third-order valence-electron chi connectivity index (χ3n) is 4.21. The average molecular weight is 324 g/mol. The molecule has 130 valence electrons. The smallest absolute Gasteiger partial charge is 0.310 e. The summed E-state index contributed by atoms with van der Waals surface area (Å²) in [6.45, 7) is 4.98. The molecule has 0 aromatic heterocycles. The maximum absolute atomic E-state index is 11.9. The molecule has 0 aromatic carbocycles. The van der Waals surface area contributed by atoms with Crippen LogP contribution in [0, 0.1) is 11.8 Å². The van der Waals surface area contributed by atoms with Crippen molar-refractivity contribution in [1.29, 1.82) is 0 Å². The molecule has 1 heterocycles. The number of esters is 1. The van der Waals surface area contributed by atoms with Gasteiger partial charge in [-0.3, -0.25) is 14.6 Å². The summed E-state index contributed by atoms with van der Waals surface area (Å²) in [5, 5.41) is 6.18. The molecule has 7 nitrogen and oxygen atoms in total. The van der Waals surface area contributed by atoms with Crippen molar-refractivity contribution < 1.29 is 14.3 Å². The molecule has 0 radical (unpaired) electrons. The second kappa shape index (κ2) is 8.74. The van der Waals surface area contributed by atoms with Gasteiger partial charge < -0.3 is 20.3 Å². The number of ether oxygens (including phenoxy) is 1. The molecular weight excluding hydrogens is 296 g/mol. The van der Waals surface area contributed by atoms with E-state index in [4.69, 9.17) is 4.74 Å². The van der Waals surface area contributed by atoms with Crippen molar-refractivity contribution >= 4 is 17.8 Å². The topological polar surface area (TPSA) is 83.0 Å². The molecule has 2 fully saturated rings. The van der Waals surface area contributed by atoms with Gasteiger partial charge in [-0.05, 0) is 32.6 Å². The average Bonchev–Trinajstić information content (AvgIpc) is 3.40. The fourth-order valence-electron chi connectivity index (χ4n) is 2.80. The van der Waals surface area contributed by atoms with E-state index in [1.807, 2.05) is 6.92 Å². The van der Waals surface area contributed by atoms with E-state index in [9.17, 15) is 9.59 Å². The molecule has 1 amide bonds. The van der Waals surface area contributed by atoms with Gasteiger partial charge in [0.05, 0.1) is 12.5 Å². The predicted octanol–water partition coefficient (Wildman–Crippen LogP) is 0.363. The number of guanidine groups is 1. The highest BCUT2D eigenvalue weighted by molar-refractivity contribution is 5.82. The SMILES string of the molecule is CCOC(=O)C1CCCN(C(=NC)NCCNC(=O)C2CC2)C1. The van der Waals surface area contributed by atoms with Crippen LogP contribution >= 0.6 is 0 Å². The number of carbonyl (C=O) groups excluding carboxylic acids is 2. The van der Waals surface area contributed by atoms with E-state index < -0.39 is 0 Å². The van der Waals surface area contributed by atoms with Crippen LogP contribution in [0.15, 0.2) is 4.99 Å². The minimum absolute atomic E-state index is 0.0863. The number of carbonyl (C=O) groups is 2. The number of hydrogen-bond acceptors (Lipinski definition) is 4. The fraction of sp³-hybridized carbons (Fsp3) is 0.812. The van der Waals surface area contributed by atoms with Gasteiger partial charge in [0.2, 0.25) is 5.91 Å². The van der Waals surface area contributed by atoms with E-state index in [0.717, 1.165) is 38.2 Å². The van der Waals surface area contributed by atoms with E-state index >= 15 is 0 Å². The Morgan fingerprint density at radius 2 is 1.91 bits per heavy atom. The standard InChI is InChI=1S/C16H28N4O3/c1-3-23-15(22)13-5-4-10-20(11-13)16(17-2)19-9-8-18-14(21)12-6-7-12/h12-13H,3-11H2,1-2H3,(H,17,19)(H,18,21). The zero-order chi connectivity index (χ0) is 16.7. The fourth-order valence-corrected chi connectivity index (χ4v) is 2.80. The molecule has 1 saturated carbocycles. The van der Waals surface area contributed by atoms with Crippen molar-refractivity contribution in [2.75, 3.05) is 39.8 Å². The van der Waals surface area contributed by atoms with E-state index in [2.05, 4.69) is 20.5 Å². The minimum Gasteiger partial charge on any atom is -0.466 e. The molecule has 0 aromatic rings. The van der Waals surface area contributed by atoms with Crippen LogP contribution in [0.25, 0.3) is 0 Å². The van der Waals surface area contributed by atoms with Crippen LogP contribution in [0.2, 0.25) is 0 Å². The second-order valence-corrected chi connectivity index (χ2v) is 6.08. The van der Waals surface area contributed by atoms with E-state index in [0.29, 0.717) is 26.2 Å². The van der Waals surface area contributed by atoms with Crippen LogP contribution in [0.4, 0.5) is 0 Å². The molecule has 0 bridgehead atoms. The van der Waals surface area contributed by atoms with Gasteiger partial charge in [-0.1, -0.05) is 0 Å². The van der Waals surface area contributed by atoms with Crippen molar-refractivity contribution in [1.82, 2.24) is 15.5 Å². The van der Waals surface area contributed by atoms with Gasteiger partial charge in [-0.25, -0.2) is 0 Å². The molecule has 2 rings (SSSR count). The van der Waals surface area contributed by atoms with Gasteiger partial charge in [0, 0.05) is 39.1 Å². The highest BCUT2D eigenvalue weighted by atomic mass is 16.5. The first-order valence-electron chi connectivity index (χ1n) is 8.55. The predicted molar refractivity (Wildman–Crippen MR) is 88.0 cm³/mol. The molecule has 2 aliphatic rings. The number of aliphatic imine (C=N–C) groups is 1. The molecule has 1 unspecified atom stereocenters. The van der Waals surface area contributed by atoms with E-state index in [-0.39, 0.29) is 23.7 Å². The lowest BCUT2D eigenvalue weighted by molar-refractivity contribution is -0.149. The van der Waals surface area contributed by atoms with Crippen molar-refractivity contribution in [3.63, 3.8) is 0 Å². The maximum Gasteiger partial charge on any atom is 0.310 e. The molecule has 1 saturated heterocycles. The molecule has 7 heteroatoms. The largest absolute Gasteiger partial charge is 0.466 e. The van der Waals surface area contributed by atoms with Gasteiger partial charge >= 0.3 is 5.97 Å². The maximum atomic E-state index is 11.9. The summed E-state index contributed by atoms with van der Waals surface area (Å²) in [7, 11) is 1.74. The Morgan fingerprint density at radius 3 is 2.57 bits per heavy atom. The Hall–Kier alpha value is -1.79. The summed E-state index contributed by atoms with van der Waals surface area (Å²) in [5.74, 6) is 0.963. The Labute approximate surface area is 137 Å². The first kappa shape index (κ1) is 17.6. The van der Waals surface area contributed by atoms with Crippen molar-refractivity contribution in [2.24, 2.45) is 16.8 Å². The molecule has 1 aliphatic carbocycles. The quantitative estimate of drug-likeness (QED) is 0.319. The van der Waals surface area contributed by atoms with Gasteiger partial charge in [-0.2, -0.15) is 0 Å². The third-order valence-corrected chi connectivity index (χ3v) is 4.21. The number of hydrogen-bond donors (Lipinski definition) is 2. The van der Waals surface area contributed by atoms with Crippen LogP contribution in [-0.4, -0.2) is 62.6 Å². The summed E-state index contributed by atoms with van der Waals surface area (Å²) in [6.07, 6.45) is 3.85. The molecule has 0 spiro atoms. The summed E-state index contributed by atoms with van der Waals surface area (Å²) in [6, 6.07) is 0. The Bertz CT molecular complexity index is 449. The second-order valence-electron chi connectivity index (χ2n) is 6.08. The molecular formula is C16H28N4O3. The number of rotatable bonds is 6. The number of piperidine rings is 1. The summed E-state index contributed by atoms with van der Waals surface area (Å²) in [4.78, 5) is 29.8. The van der Waals surface area contributed by atoms with Gasteiger partial charge in [0.15, 0.2) is 5.96 Å². The summed E-state index contributed by atoms with van der Waals surface area (Å²) in [5.41, 5.74) is 0. The normalized spacial score (nSPS) is 21.7. The minimum atomic E-state index is -0.121. The Balaban J connectivity index is 1.73. The van der Waals surface area contributed by atoms with Crippen LogP contribution in [0.5, 0.6) is 0 Å². The zero-order valence-electron chi connectivity index (χ0n) is 14.1. The Morgan fingerprint density at radius 1 is 1.17 bits per heavy atom. The molecule has 2 N–H and O–H groups in total. The van der Waals surface area contributed by atoms with Crippen LogP contribution in [0.1, 0.15) is 32.6 Å². The molecule has 1 aliphatic heterocycles. The van der Waals surface area contributed by atoms with Crippen molar-refractivity contribution in [3.05, 3.63) is 0 Å². The highest BCUT2D eigenvalue weighted by Crippen LogP contribution is 2.28. The van der Waals surface area contributed by atoms with E-state index in [1.54, 1.807) is 7.05 Å². The highest BCUT2D eigenvalue weighted by Gasteiger charge is 2.29. The Kier molecular flexibility index (Phi) is 6.67. The first-order valence-corrected chi connectivity index (χ1v) is 8.55. The number of nitrogens with zero attached hydrogens (tertiary/aromatic N) is 2. The lowest BCUT2D eigenvalue weighted by Crippen LogP contribution is -2.49. The third kappa shape index (κ3) is 5.41. The number of amides is 1. The number of likely N-dealkylation sites (tertiary alicyclic amines) is 1. The zero-order valence-corrected chi connectivity index (χ0v) is 14.1. The van der Waals surface area contributed by atoms with Gasteiger partial charge in [-0.15, -0.1) is 0 Å². The van der Waals surface area contributed by atoms with Crippen LogP contribution in [0.3, 0.4) is 0 Å². The van der Waals surface area contributed by atoms with Crippen molar-refractivity contribution in [2.45, 2.75) is 32.6 Å². The van der Waals surface area contributed by atoms with Crippen molar-refractivity contribution in [3.8, 4) is 0 Å². The monoisotopic (exact) mass is 324 g/mol. The van der Waals surface area contributed by atoms with Gasteiger partial charge in [0.25, 0.3) is 0 Å². The van der Waals surface area contributed by atoms with E-state index in [1.165, 1.54) is 0 Å². The lowest BCUT2D eigenvalue weighted by atomic mass is 9.98. The number of nitrogens with one attached hydrogen (secondary N) is 2. The van der Waals surface area contributed by atoms with Crippen LogP contribution < -0.4 is 10.6 Å². The lowest BCUT2D eigenvalue weighted by Gasteiger charge is -2.33. The first-order chi connectivity index (χ1) is 11.2. The summed E-state index contributed by atoms with van der Waals surface area (Å²) >= 11 is 0.